The Balaban J connectivity index is 1.86. The Morgan fingerprint density at radius 1 is 1.15 bits per heavy atom. The summed E-state index contributed by atoms with van der Waals surface area (Å²) in [6, 6.07) is 6.15. The summed E-state index contributed by atoms with van der Waals surface area (Å²) in [6.45, 7) is 10.4. The molecule has 26 heavy (non-hydrogen) atoms. The van der Waals surface area contributed by atoms with Crippen molar-refractivity contribution in [2.45, 2.75) is 25.2 Å². The molecule has 1 aromatic carbocycles. The van der Waals surface area contributed by atoms with Gasteiger partial charge in [0.25, 0.3) is 5.91 Å². The van der Waals surface area contributed by atoms with Crippen molar-refractivity contribution in [2.75, 3.05) is 52.4 Å². The zero-order chi connectivity index (χ0) is 19.0. The molecule has 0 unspecified atom stereocenters. The maximum absolute atomic E-state index is 12.4. The lowest BCUT2D eigenvalue weighted by atomic mass is 10.2. The minimum Gasteiger partial charge on any atom is -0.339 e. The van der Waals surface area contributed by atoms with E-state index in [4.69, 9.17) is 0 Å². The molecule has 1 aliphatic rings. The molecule has 1 heterocycles. The monoisotopic (exact) mass is 382 g/mol. The van der Waals surface area contributed by atoms with Crippen molar-refractivity contribution in [3.8, 4) is 0 Å². The number of sulfonamides is 1. The number of piperazine rings is 1. The molecule has 0 aliphatic carbocycles. The van der Waals surface area contributed by atoms with E-state index < -0.39 is 10.0 Å². The van der Waals surface area contributed by atoms with Crippen LogP contribution in [-0.4, -0.2) is 76.5 Å². The van der Waals surface area contributed by atoms with Crippen LogP contribution in [0.5, 0.6) is 0 Å². The van der Waals surface area contributed by atoms with Crippen LogP contribution >= 0.6 is 0 Å². The van der Waals surface area contributed by atoms with Crippen molar-refractivity contribution in [1.29, 1.82) is 0 Å². The van der Waals surface area contributed by atoms with Crippen molar-refractivity contribution in [3.05, 3.63) is 29.8 Å². The Kier molecular flexibility index (Phi) is 8.02. The van der Waals surface area contributed by atoms with Gasteiger partial charge in [0.1, 0.15) is 0 Å². The molecule has 0 saturated carbocycles. The molecule has 0 radical (unpaired) electrons. The molecule has 0 bridgehead atoms. The molecular weight excluding hydrogens is 352 g/mol. The van der Waals surface area contributed by atoms with E-state index in [9.17, 15) is 13.2 Å². The van der Waals surface area contributed by atoms with Crippen LogP contribution in [0, 0.1) is 0 Å². The van der Waals surface area contributed by atoms with Gasteiger partial charge in [-0.05, 0) is 51.1 Å². The summed E-state index contributed by atoms with van der Waals surface area (Å²) in [5.41, 5.74) is 0.506. The van der Waals surface area contributed by atoms with Crippen LogP contribution in [-0.2, 0) is 10.0 Å². The van der Waals surface area contributed by atoms with Crippen molar-refractivity contribution in [1.82, 2.24) is 19.8 Å². The van der Waals surface area contributed by atoms with Gasteiger partial charge in [-0.15, -0.1) is 0 Å². The number of carbonyl (C=O) groups excluding carboxylic acids is 1. The highest BCUT2D eigenvalue weighted by molar-refractivity contribution is 7.89. The van der Waals surface area contributed by atoms with Gasteiger partial charge in [0.15, 0.2) is 0 Å². The molecule has 1 aromatic rings. The highest BCUT2D eigenvalue weighted by Gasteiger charge is 2.17. The predicted octanol–water partition coefficient (Wildman–Crippen LogP) is 0.742. The first kappa shape index (κ1) is 20.8. The normalized spacial score (nSPS) is 15.8. The van der Waals surface area contributed by atoms with Crippen molar-refractivity contribution in [2.24, 2.45) is 0 Å². The Hall–Kier alpha value is -1.48. The van der Waals surface area contributed by atoms with E-state index in [1.165, 1.54) is 12.1 Å². The van der Waals surface area contributed by atoms with E-state index >= 15 is 0 Å². The number of nitrogens with one attached hydrogen (secondary N) is 2. The third-order valence-electron chi connectivity index (χ3n) is 4.62. The third kappa shape index (κ3) is 5.77. The van der Waals surface area contributed by atoms with Crippen LogP contribution in [0.3, 0.4) is 0 Å². The smallest absolute Gasteiger partial charge is 0.253 e. The number of hydrogen-bond acceptors (Lipinski definition) is 5. The summed E-state index contributed by atoms with van der Waals surface area (Å²) in [7, 11) is -3.54. The topological polar surface area (TPSA) is 81.8 Å². The highest BCUT2D eigenvalue weighted by atomic mass is 32.2. The maximum Gasteiger partial charge on any atom is 0.253 e. The fourth-order valence-electron chi connectivity index (χ4n) is 3.00. The summed E-state index contributed by atoms with van der Waals surface area (Å²) in [5.74, 6) is -0.0806. The Labute approximate surface area is 156 Å². The second-order valence-electron chi connectivity index (χ2n) is 6.34. The van der Waals surface area contributed by atoms with Crippen LogP contribution in [0.2, 0.25) is 0 Å². The lowest BCUT2D eigenvalue weighted by Crippen LogP contribution is -2.44. The largest absolute Gasteiger partial charge is 0.339 e. The first-order chi connectivity index (χ1) is 12.5. The van der Waals surface area contributed by atoms with Gasteiger partial charge in [0, 0.05) is 51.4 Å². The van der Waals surface area contributed by atoms with Crippen LogP contribution in [0.15, 0.2) is 29.2 Å². The molecule has 2 N–H and O–H groups in total. The molecule has 146 valence electrons. The molecule has 1 amide bonds. The summed E-state index contributed by atoms with van der Waals surface area (Å²) >= 11 is 0. The summed E-state index contributed by atoms with van der Waals surface area (Å²) in [6.07, 6.45) is 0.776. The van der Waals surface area contributed by atoms with Crippen molar-refractivity contribution >= 4 is 15.9 Å². The van der Waals surface area contributed by atoms with Gasteiger partial charge in [0.05, 0.1) is 4.90 Å². The first-order valence-corrected chi connectivity index (χ1v) is 10.8. The van der Waals surface area contributed by atoms with Gasteiger partial charge in [-0.25, -0.2) is 13.1 Å². The molecule has 7 nitrogen and oxygen atoms in total. The number of nitrogens with zero attached hydrogens (tertiary/aromatic N) is 2. The van der Waals surface area contributed by atoms with Crippen LogP contribution in [0.1, 0.15) is 30.6 Å². The molecule has 0 aromatic heterocycles. The van der Waals surface area contributed by atoms with E-state index in [0.29, 0.717) is 25.2 Å². The Morgan fingerprint density at radius 2 is 1.77 bits per heavy atom. The van der Waals surface area contributed by atoms with Crippen molar-refractivity contribution in [3.63, 3.8) is 0 Å². The lowest BCUT2D eigenvalue weighted by molar-refractivity contribution is 0.0773. The molecule has 2 rings (SSSR count). The van der Waals surface area contributed by atoms with E-state index in [1.807, 2.05) is 13.8 Å². The van der Waals surface area contributed by atoms with Gasteiger partial charge in [-0.2, -0.15) is 0 Å². The van der Waals surface area contributed by atoms with E-state index in [2.05, 4.69) is 14.9 Å². The molecule has 0 atom stereocenters. The Morgan fingerprint density at radius 3 is 2.35 bits per heavy atom. The maximum atomic E-state index is 12.4. The van der Waals surface area contributed by atoms with E-state index in [0.717, 1.165) is 39.1 Å². The average molecular weight is 383 g/mol. The SMILES string of the molecule is CCN(CC)C(=O)c1ccc(S(=O)(=O)NCCCN2CCNCC2)cc1. The van der Waals surface area contributed by atoms with Gasteiger partial charge in [-0.1, -0.05) is 0 Å². The van der Waals surface area contributed by atoms with Crippen molar-refractivity contribution < 1.29 is 13.2 Å². The summed E-state index contributed by atoms with van der Waals surface area (Å²) < 4.78 is 27.4. The number of benzene rings is 1. The molecule has 1 fully saturated rings. The highest BCUT2D eigenvalue weighted by Crippen LogP contribution is 2.12. The molecule has 1 aliphatic heterocycles. The third-order valence-corrected chi connectivity index (χ3v) is 6.09. The number of hydrogen-bond donors (Lipinski definition) is 2. The van der Waals surface area contributed by atoms with E-state index in [1.54, 1.807) is 17.0 Å². The average Bonchev–Trinajstić information content (AvgIpc) is 2.67. The molecular formula is C18H30N4O3S. The number of carbonyl (C=O) groups is 1. The quantitative estimate of drug-likeness (QED) is 0.616. The molecule has 8 heteroatoms. The van der Waals surface area contributed by atoms with Gasteiger partial charge in [0.2, 0.25) is 10.0 Å². The van der Waals surface area contributed by atoms with Crippen LogP contribution in [0.25, 0.3) is 0 Å². The van der Waals surface area contributed by atoms with Gasteiger partial charge in [-0.3, -0.25) is 4.79 Å². The minimum atomic E-state index is -3.54. The lowest BCUT2D eigenvalue weighted by Gasteiger charge is -2.27. The van der Waals surface area contributed by atoms with Crippen LogP contribution in [0.4, 0.5) is 0 Å². The van der Waals surface area contributed by atoms with Gasteiger partial charge < -0.3 is 15.1 Å². The second kappa shape index (κ2) is 10.0. The second-order valence-corrected chi connectivity index (χ2v) is 8.11. The van der Waals surface area contributed by atoms with Gasteiger partial charge >= 0.3 is 0 Å². The zero-order valence-electron chi connectivity index (χ0n) is 15.7. The first-order valence-electron chi connectivity index (χ1n) is 9.30. The fraction of sp³-hybridized carbons (Fsp3) is 0.611. The number of rotatable bonds is 9. The number of amides is 1. The minimum absolute atomic E-state index is 0.0806. The standard InChI is InChI=1S/C18H30N4O3S/c1-3-22(4-2)18(23)16-6-8-17(9-7-16)26(24,25)20-10-5-13-21-14-11-19-12-15-21/h6-9,19-20H,3-5,10-15H2,1-2H3. The van der Waals surface area contributed by atoms with E-state index in [-0.39, 0.29) is 10.8 Å². The fourth-order valence-corrected chi connectivity index (χ4v) is 4.07. The summed E-state index contributed by atoms with van der Waals surface area (Å²) in [4.78, 5) is 16.5. The predicted molar refractivity (Wildman–Crippen MR) is 103 cm³/mol. The summed E-state index contributed by atoms with van der Waals surface area (Å²) in [5, 5.41) is 3.30. The van der Waals surface area contributed by atoms with Crippen LogP contribution < -0.4 is 10.0 Å². The zero-order valence-corrected chi connectivity index (χ0v) is 16.5. The molecule has 1 saturated heterocycles. The molecule has 0 spiro atoms. The Bertz CT molecular complexity index is 666.